The highest BCUT2D eigenvalue weighted by molar-refractivity contribution is 7.89. The van der Waals surface area contributed by atoms with Crippen LogP contribution in [0, 0.1) is 13.8 Å². The molecule has 6 heteroatoms. The number of fused-ring (bicyclic) bond motifs is 1. The number of rotatable bonds is 2. The van der Waals surface area contributed by atoms with E-state index in [0.29, 0.717) is 17.1 Å². The van der Waals surface area contributed by atoms with Gasteiger partial charge in [0.15, 0.2) is 0 Å². The van der Waals surface area contributed by atoms with Crippen molar-refractivity contribution in [3.05, 3.63) is 54.0 Å². The number of aryl methyl sites for hydroxylation is 2. The zero-order chi connectivity index (χ0) is 15.9. The summed E-state index contributed by atoms with van der Waals surface area (Å²) in [5.74, 6) is 0.586. The molecule has 3 aromatic rings. The fourth-order valence-electron chi connectivity index (χ4n) is 2.60. The second kappa shape index (κ2) is 5.15. The van der Waals surface area contributed by atoms with E-state index in [1.807, 2.05) is 31.2 Å². The molecule has 0 amide bonds. The molecule has 2 N–H and O–H groups in total. The molecular formula is C16H15N3O2S. The largest absolute Gasteiger partial charge is 0.239 e. The zero-order valence-electron chi connectivity index (χ0n) is 12.2. The summed E-state index contributed by atoms with van der Waals surface area (Å²) in [6.45, 7) is 3.62. The van der Waals surface area contributed by atoms with Crippen LogP contribution in [-0.4, -0.2) is 18.4 Å². The van der Waals surface area contributed by atoms with Crippen LogP contribution in [0.4, 0.5) is 0 Å². The van der Waals surface area contributed by atoms with Crippen LogP contribution in [0.15, 0.2) is 47.4 Å². The summed E-state index contributed by atoms with van der Waals surface area (Å²) in [5.41, 5.74) is 1.86. The predicted octanol–water partition coefficient (Wildman–Crippen LogP) is 2.56. The SMILES string of the molecule is Cc1cc(-c2c(S(N)(=O)=O)ccc3ccccc23)nc(C)n1. The van der Waals surface area contributed by atoms with Crippen LogP contribution >= 0.6 is 0 Å². The van der Waals surface area contributed by atoms with E-state index >= 15 is 0 Å². The first-order valence-corrected chi connectivity index (χ1v) is 8.28. The third-order valence-corrected chi connectivity index (χ3v) is 4.37. The second-order valence-corrected chi connectivity index (χ2v) is 6.68. The monoisotopic (exact) mass is 313 g/mol. The van der Waals surface area contributed by atoms with Gasteiger partial charge in [-0.2, -0.15) is 0 Å². The molecule has 0 radical (unpaired) electrons. The Morgan fingerprint density at radius 1 is 1.00 bits per heavy atom. The number of nitrogens with zero attached hydrogens (tertiary/aromatic N) is 2. The van der Waals surface area contributed by atoms with E-state index in [-0.39, 0.29) is 4.90 Å². The normalized spacial score (nSPS) is 11.8. The van der Waals surface area contributed by atoms with E-state index in [4.69, 9.17) is 5.14 Å². The summed E-state index contributed by atoms with van der Waals surface area (Å²) in [5, 5.41) is 7.12. The number of aromatic nitrogens is 2. The van der Waals surface area contributed by atoms with E-state index in [1.165, 1.54) is 6.07 Å². The second-order valence-electron chi connectivity index (χ2n) is 5.15. The van der Waals surface area contributed by atoms with Crippen LogP contribution < -0.4 is 5.14 Å². The topological polar surface area (TPSA) is 85.9 Å². The van der Waals surface area contributed by atoms with E-state index in [2.05, 4.69) is 9.97 Å². The molecule has 0 fully saturated rings. The highest BCUT2D eigenvalue weighted by Crippen LogP contribution is 2.33. The van der Waals surface area contributed by atoms with Crippen molar-refractivity contribution in [3.8, 4) is 11.3 Å². The van der Waals surface area contributed by atoms with Crippen LogP contribution in [0.5, 0.6) is 0 Å². The molecular weight excluding hydrogens is 298 g/mol. The molecule has 1 aromatic heterocycles. The molecule has 3 rings (SSSR count). The van der Waals surface area contributed by atoms with Crippen LogP contribution in [-0.2, 0) is 10.0 Å². The van der Waals surface area contributed by atoms with Gasteiger partial charge < -0.3 is 0 Å². The Morgan fingerprint density at radius 3 is 2.41 bits per heavy atom. The molecule has 0 atom stereocenters. The molecule has 112 valence electrons. The van der Waals surface area contributed by atoms with E-state index < -0.39 is 10.0 Å². The van der Waals surface area contributed by atoms with Gasteiger partial charge in [0, 0.05) is 11.3 Å². The summed E-state index contributed by atoms with van der Waals surface area (Å²) in [4.78, 5) is 8.71. The van der Waals surface area contributed by atoms with Crippen LogP contribution in [0.2, 0.25) is 0 Å². The summed E-state index contributed by atoms with van der Waals surface area (Å²) < 4.78 is 23.9. The molecule has 0 aliphatic rings. The van der Waals surface area contributed by atoms with Crippen molar-refractivity contribution in [2.75, 3.05) is 0 Å². The number of primary sulfonamides is 1. The van der Waals surface area contributed by atoms with Crippen molar-refractivity contribution in [3.63, 3.8) is 0 Å². The maximum Gasteiger partial charge on any atom is 0.238 e. The maximum absolute atomic E-state index is 12.0. The van der Waals surface area contributed by atoms with Crippen molar-refractivity contribution in [1.29, 1.82) is 0 Å². The average Bonchev–Trinajstić information content (AvgIpc) is 2.44. The van der Waals surface area contributed by atoms with E-state index in [0.717, 1.165) is 16.5 Å². The van der Waals surface area contributed by atoms with Gasteiger partial charge in [0.05, 0.1) is 10.6 Å². The molecule has 0 aliphatic carbocycles. The van der Waals surface area contributed by atoms with Gasteiger partial charge in [0.1, 0.15) is 5.82 Å². The van der Waals surface area contributed by atoms with Crippen molar-refractivity contribution in [1.82, 2.24) is 9.97 Å². The fourth-order valence-corrected chi connectivity index (χ4v) is 3.35. The van der Waals surface area contributed by atoms with Gasteiger partial charge in [-0.15, -0.1) is 0 Å². The summed E-state index contributed by atoms with van der Waals surface area (Å²) >= 11 is 0. The van der Waals surface area contributed by atoms with Gasteiger partial charge in [-0.1, -0.05) is 30.3 Å². The number of benzene rings is 2. The molecule has 5 nitrogen and oxygen atoms in total. The average molecular weight is 313 g/mol. The van der Waals surface area contributed by atoms with Crippen LogP contribution in [0.25, 0.3) is 22.0 Å². The molecule has 22 heavy (non-hydrogen) atoms. The molecule has 0 bridgehead atoms. The molecule has 0 unspecified atom stereocenters. The van der Waals surface area contributed by atoms with Crippen molar-refractivity contribution < 1.29 is 8.42 Å². The number of hydrogen-bond donors (Lipinski definition) is 1. The lowest BCUT2D eigenvalue weighted by Crippen LogP contribution is -2.14. The van der Waals surface area contributed by atoms with Gasteiger partial charge in [-0.25, -0.2) is 23.5 Å². The van der Waals surface area contributed by atoms with Gasteiger partial charge in [0.25, 0.3) is 0 Å². The quantitative estimate of drug-likeness (QED) is 0.788. The Morgan fingerprint density at radius 2 is 1.73 bits per heavy atom. The predicted molar refractivity (Wildman–Crippen MR) is 85.8 cm³/mol. The van der Waals surface area contributed by atoms with Gasteiger partial charge in [0.2, 0.25) is 10.0 Å². The highest BCUT2D eigenvalue weighted by atomic mass is 32.2. The Balaban J connectivity index is 2.48. The minimum Gasteiger partial charge on any atom is -0.239 e. The van der Waals surface area contributed by atoms with Crippen LogP contribution in [0.3, 0.4) is 0 Å². The lowest BCUT2D eigenvalue weighted by molar-refractivity contribution is 0.598. The minimum atomic E-state index is -3.86. The lowest BCUT2D eigenvalue weighted by Gasteiger charge is -2.12. The number of nitrogens with two attached hydrogens (primary N) is 1. The molecule has 0 aliphatic heterocycles. The molecule has 0 saturated carbocycles. The van der Waals surface area contributed by atoms with Crippen molar-refractivity contribution in [2.24, 2.45) is 5.14 Å². The van der Waals surface area contributed by atoms with Crippen molar-refractivity contribution in [2.45, 2.75) is 18.7 Å². The Bertz CT molecular complexity index is 962. The lowest BCUT2D eigenvalue weighted by atomic mass is 10.0. The fraction of sp³-hybridized carbons (Fsp3) is 0.125. The number of sulfonamides is 1. The van der Waals surface area contributed by atoms with E-state index in [1.54, 1.807) is 19.1 Å². The maximum atomic E-state index is 12.0. The summed E-state index contributed by atoms with van der Waals surface area (Å²) in [6.07, 6.45) is 0. The molecule has 1 heterocycles. The van der Waals surface area contributed by atoms with Crippen LogP contribution in [0.1, 0.15) is 11.5 Å². The summed E-state index contributed by atoms with van der Waals surface area (Å²) in [6, 6.07) is 12.6. The highest BCUT2D eigenvalue weighted by Gasteiger charge is 2.19. The van der Waals surface area contributed by atoms with Gasteiger partial charge in [-0.05, 0) is 36.8 Å². The Hall–Kier alpha value is -2.31. The third-order valence-electron chi connectivity index (χ3n) is 3.42. The minimum absolute atomic E-state index is 0.0729. The smallest absolute Gasteiger partial charge is 0.238 e. The van der Waals surface area contributed by atoms with E-state index in [9.17, 15) is 8.42 Å². The van der Waals surface area contributed by atoms with Gasteiger partial charge in [-0.3, -0.25) is 0 Å². The standard InChI is InChI=1S/C16H15N3O2S/c1-10-9-14(19-11(2)18-10)16-13-6-4-3-5-12(13)7-8-15(16)22(17,20)21/h3-9H,1-2H3,(H2,17,20,21). The molecule has 0 saturated heterocycles. The zero-order valence-corrected chi connectivity index (χ0v) is 13.1. The van der Waals surface area contributed by atoms with Crippen molar-refractivity contribution >= 4 is 20.8 Å². The third kappa shape index (κ3) is 2.58. The molecule has 0 spiro atoms. The first kappa shape index (κ1) is 14.6. The first-order chi connectivity index (χ1) is 10.4. The summed E-state index contributed by atoms with van der Waals surface area (Å²) in [7, 11) is -3.86. The Labute approximate surface area is 128 Å². The van der Waals surface area contributed by atoms with Gasteiger partial charge >= 0.3 is 0 Å². The first-order valence-electron chi connectivity index (χ1n) is 6.73. The Kier molecular flexibility index (Phi) is 3.42. The molecule has 2 aromatic carbocycles. The number of hydrogen-bond acceptors (Lipinski definition) is 4.